The van der Waals surface area contributed by atoms with Gasteiger partial charge in [-0.1, -0.05) is 137 Å². The number of ketones is 1. The SMILES string of the molecule is C=CCOC(=O)C(=C1P(c2ccccc2)CCC1(c1ccccc1)c1ccccc1)N1C(=O)[C@H]([C@@H](C)O[Si](C)(C)C(C)(C)C)[C@H]1CC(=O)c1cccc(NC(=O)OC(C)(C)C)c1. The van der Waals surface area contributed by atoms with Crippen LogP contribution in [-0.4, -0.2) is 67.5 Å². The lowest BCUT2D eigenvalue weighted by molar-refractivity contribution is -0.163. The second-order valence-corrected chi connectivity index (χ2v) is 25.7. The van der Waals surface area contributed by atoms with Crippen molar-refractivity contribution in [3.63, 3.8) is 0 Å². The summed E-state index contributed by atoms with van der Waals surface area (Å²) in [5, 5.41) is 4.48. The van der Waals surface area contributed by atoms with E-state index in [1.165, 1.54) is 6.08 Å². The Kier molecular flexibility index (Phi) is 14.0. The molecule has 4 aromatic rings. The van der Waals surface area contributed by atoms with Crippen molar-refractivity contribution in [3.8, 4) is 0 Å². The van der Waals surface area contributed by atoms with Crippen LogP contribution in [0.5, 0.6) is 0 Å². The Bertz CT molecular complexity index is 2260. The third kappa shape index (κ3) is 9.73. The fourth-order valence-electron chi connectivity index (χ4n) is 8.41. The number of carbonyl (C=O) groups is 4. The van der Waals surface area contributed by atoms with Gasteiger partial charge in [-0.05, 0) is 94.9 Å². The maximum absolute atomic E-state index is 15.3. The van der Waals surface area contributed by atoms with E-state index in [1.54, 1.807) is 49.9 Å². The van der Waals surface area contributed by atoms with E-state index in [1.807, 2.05) is 61.5 Å². The minimum absolute atomic E-state index is 0.0695. The zero-order valence-electron chi connectivity index (χ0n) is 37.6. The van der Waals surface area contributed by atoms with Gasteiger partial charge in [0.2, 0.25) is 5.91 Å². The van der Waals surface area contributed by atoms with E-state index in [-0.39, 0.29) is 35.5 Å². The summed E-state index contributed by atoms with van der Waals surface area (Å²) in [5.74, 6) is -1.95. The van der Waals surface area contributed by atoms with Gasteiger partial charge in [0.05, 0.1) is 18.1 Å². The number of esters is 1. The smallest absolute Gasteiger partial charge is 0.412 e. The number of benzene rings is 4. The molecule has 2 aliphatic rings. The summed E-state index contributed by atoms with van der Waals surface area (Å²) in [6.07, 6.45) is 1.61. The van der Waals surface area contributed by atoms with Crippen LogP contribution in [0.15, 0.2) is 139 Å². The van der Waals surface area contributed by atoms with Crippen LogP contribution < -0.4 is 10.6 Å². The maximum Gasteiger partial charge on any atom is 0.412 e. The van der Waals surface area contributed by atoms with Crippen LogP contribution in [0, 0.1) is 5.92 Å². The van der Waals surface area contributed by atoms with Gasteiger partial charge < -0.3 is 18.8 Å². The number of nitrogens with one attached hydrogen (secondary N) is 1. The zero-order chi connectivity index (χ0) is 45.0. The number of likely N-dealkylation sites (tertiary alicyclic amines) is 1. The van der Waals surface area contributed by atoms with Crippen LogP contribution in [-0.2, 0) is 28.9 Å². The van der Waals surface area contributed by atoms with Crippen molar-refractivity contribution in [1.29, 1.82) is 0 Å². The van der Waals surface area contributed by atoms with Crippen LogP contribution in [0.4, 0.5) is 10.5 Å². The Morgan fingerprint density at radius 1 is 0.887 bits per heavy atom. The summed E-state index contributed by atoms with van der Waals surface area (Å²) in [5.41, 5.74) is 1.36. The van der Waals surface area contributed by atoms with Gasteiger partial charge in [0.25, 0.3) is 0 Å². The van der Waals surface area contributed by atoms with Gasteiger partial charge >= 0.3 is 12.1 Å². The molecule has 326 valence electrons. The normalized spacial score (nSPS) is 20.1. The molecule has 0 aliphatic carbocycles. The lowest BCUT2D eigenvalue weighted by atomic mass is 9.71. The number of Topliss-reactive ketones (excluding diaryl/α,β-unsaturated/α-hetero) is 1. The Morgan fingerprint density at radius 2 is 1.47 bits per heavy atom. The first kappa shape index (κ1) is 46.4. The molecule has 0 radical (unpaired) electrons. The predicted molar refractivity (Wildman–Crippen MR) is 251 cm³/mol. The summed E-state index contributed by atoms with van der Waals surface area (Å²) >= 11 is 0. The number of allylic oxidation sites excluding steroid dienone is 1. The molecule has 2 saturated heterocycles. The molecular weight excluding hydrogens is 812 g/mol. The number of anilines is 1. The molecule has 11 heteroatoms. The van der Waals surface area contributed by atoms with Crippen molar-refractivity contribution in [1.82, 2.24) is 4.90 Å². The number of hydrogen-bond donors (Lipinski definition) is 1. The summed E-state index contributed by atoms with van der Waals surface area (Å²) in [6, 6.07) is 36.5. The molecular formula is C51H61N2O7PSi. The highest BCUT2D eigenvalue weighted by atomic mass is 31.1. The molecule has 0 spiro atoms. The third-order valence-corrected chi connectivity index (χ3v) is 19.6. The van der Waals surface area contributed by atoms with E-state index < -0.39 is 57.4 Å². The van der Waals surface area contributed by atoms with Gasteiger partial charge in [-0.15, -0.1) is 0 Å². The van der Waals surface area contributed by atoms with Crippen LogP contribution in [0.3, 0.4) is 0 Å². The fraction of sp³-hybridized carbons (Fsp3) is 0.373. The molecule has 9 nitrogen and oxygen atoms in total. The second kappa shape index (κ2) is 18.7. The lowest BCUT2D eigenvalue weighted by Crippen LogP contribution is -2.66. The standard InChI is InChI=1S/C51H61N2O7PSi/c1-11-31-58-47(56)44(45-51(37-23-15-12-16-24-37,38-25-17-13-18-26-38)30-32-61(45)40-28-19-14-20-29-40)53-41(43(46(53)55)35(2)60-62(9,10)50(6,7)8)34-42(54)36-22-21-27-39(33-36)52-48(57)59-49(3,4)5/h11-29,33,35,41,43H,1,30-32,34H2,2-10H3,(H,52,57)/t35-,41-,43-,61?/m1/s1. The molecule has 4 atom stereocenters. The zero-order valence-corrected chi connectivity index (χ0v) is 39.5. The molecule has 0 bridgehead atoms. The van der Waals surface area contributed by atoms with Crippen LogP contribution >= 0.6 is 7.92 Å². The number of carbonyl (C=O) groups excluding carboxylic acids is 4. The fourth-order valence-corrected chi connectivity index (χ4v) is 13.0. The van der Waals surface area contributed by atoms with Crippen LogP contribution in [0.25, 0.3) is 0 Å². The van der Waals surface area contributed by atoms with Gasteiger partial charge in [0.1, 0.15) is 17.9 Å². The molecule has 2 fully saturated rings. The average molecular weight is 873 g/mol. The summed E-state index contributed by atoms with van der Waals surface area (Å²) in [7, 11) is -3.64. The largest absolute Gasteiger partial charge is 0.457 e. The van der Waals surface area contributed by atoms with E-state index >= 15 is 9.59 Å². The first-order valence-corrected chi connectivity index (χ1v) is 25.8. The van der Waals surface area contributed by atoms with E-state index in [0.717, 1.165) is 27.9 Å². The van der Waals surface area contributed by atoms with Crippen molar-refractivity contribution in [2.75, 3.05) is 18.1 Å². The highest BCUT2D eigenvalue weighted by Crippen LogP contribution is 2.66. The second-order valence-electron chi connectivity index (χ2n) is 18.7. The quantitative estimate of drug-likeness (QED) is 0.0255. The third-order valence-electron chi connectivity index (χ3n) is 12.3. The average Bonchev–Trinajstić information content (AvgIpc) is 3.62. The predicted octanol–water partition coefficient (Wildman–Crippen LogP) is 11.0. The molecule has 0 aromatic heterocycles. The van der Waals surface area contributed by atoms with Crippen LogP contribution in [0.1, 0.15) is 82.8 Å². The Balaban J connectivity index is 1.57. The Morgan fingerprint density at radius 3 is 2.02 bits per heavy atom. The van der Waals surface area contributed by atoms with E-state index in [4.69, 9.17) is 13.9 Å². The molecule has 0 saturated carbocycles. The number of ether oxygens (including phenoxy) is 2. The van der Waals surface area contributed by atoms with E-state index in [0.29, 0.717) is 17.7 Å². The number of amides is 2. The molecule has 2 amide bonds. The van der Waals surface area contributed by atoms with E-state index in [2.05, 4.69) is 82.2 Å². The number of β-lactam (4-membered cyclic amide) rings is 1. The molecule has 1 unspecified atom stereocenters. The number of rotatable bonds is 14. The minimum atomic E-state index is -2.42. The molecule has 1 N–H and O–H groups in total. The monoisotopic (exact) mass is 872 g/mol. The van der Waals surface area contributed by atoms with Crippen molar-refractivity contribution in [2.24, 2.45) is 5.92 Å². The first-order chi connectivity index (χ1) is 29.3. The lowest BCUT2D eigenvalue weighted by Gasteiger charge is -2.52. The van der Waals surface area contributed by atoms with Crippen molar-refractivity contribution in [3.05, 3.63) is 156 Å². The summed E-state index contributed by atoms with van der Waals surface area (Å²) in [6.45, 7) is 21.7. The molecule has 6 rings (SSSR count). The Hall–Kier alpha value is -5.15. The van der Waals surface area contributed by atoms with Gasteiger partial charge in [0.15, 0.2) is 14.1 Å². The van der Waals surface area contributed by atoms with Crippen molar-refractivity contribution < 1.29 is 33.1 Å². The number of nitrogens with zero attached hydrogens (tertiary/aromatic N) is 1. The topological polar surface area (TPSA) is 111 Å². The highest BCUT2D eigenvalue weighted by molar-refractivity contribution is 7.70. The van der Waals surface area contributed by atoms with Crippen molar-refractivity contribution >= 4 is 51.0 Å². The maximum atomic E-state index is 15.3. The number of hydrogen-bond acceptors (Lipinski definition) is 7. The van der Waals surface area contributed by atoms with Gasteiger partial charge in [-0.2, -0.15) is 0 Å². The summed E-state index contributed by atoms with van der Waals surface area (Å²) < 4.78 is 18.4. The molecule has 2 heterocycles. The Labute approximate surface area is 369 Å². The minimum Gasteiger partial charge on any atom is -0.457 e. The summed E-state index contributed by atoms with van der Waals surface area (Å²) in [4.78, 5) is 59.4. The highest BCUT2D eigenvalue weighted by Gasteiger charge is 2.59. The molecule has 2 aliphatic heterocycles. The first-order valence-electron chi connectivity index (χ1n) is 21.4. The van der Waals surface area contributed by atoms with E-state index in [9.17, 15) is 9.59 Å². The van der Waals surface area contributed by atoms with Gasteiger partial charge in [-0.3, -0.25) is 14.9 Å². The van der Waals surface area contributed by atoms with Crippen LogP contribution in [0.2, 0.25) is 18.1 Å². The molecule has 62 heavy (non-hydrogen) atoms. The van der Waals surface area contributed by atoms with Gasteiger partial charge in [-0.25, -0.2) is 9.59 Å². The van der Waals surface area contributed by atoms with Crippen molar-refractivity contribution in [2.45, 2.75) is 103 Å². The molecule has 4 aromatic carbocycles. The van der Waals surface area contributed by atoms with Gasteiger partial charge in [0, 0.05) is 28.4 Å².